The summed E-state index contributed by atoms with van der Waals surface area (Å²) < 4.78 is 5.25. The van der Waals surface area contributed by atoms with Gasteiger partial charge < -0.3 is 10.1 Å². The quantitative estimate of drug-likeness (QED) is 0.885. The van der Waals surface area contributed by atoms with Crippen LogP contribution in [0.4, 0.5) is 5.69 Å². The number of methoxy groups -OCH3 is 1. The van der Waals surface area contributed by atoms with Gasteiger partial charge in [0.1, 0.15) is 0 Å². The largest absolute Gasteiger partial charge is 0.383 e. The smallest absolute Gasteiger partial charge is 0.0615 e. The molecule has 0 amide bonds. The molecule has 0 radical (unpaired) electrons. The number of likely N-dealkylation sites (N-methyl/N-ethyl adjacent to an activating group) is 1. The van der Waals surface area contributed by atoms with Crippen LogP contribution in [0.1, 0.15) is 18.9 Å². The molecule has 18 heavy (non-hydrogen) atoms. The molecule has 0 aromatic heterocycles. The van der Waals surface area contributed by atoms with Crippen molar-refractivity contribution in [2.24, 2.45) is 0 Å². The third-order valence-corrected chi connectivity index (χ3v) is 3.97. The highest BCUT2D eigenvalue weighted by Crippen LogP contribution is 2.23. The van der Waals surface area contributed by atoms with Gasteiger partial charge in [-0.15, -0.1) is 0 Å². The minimum atomic E-state index is 0.461. The van der Waals surface area contributed by atoms with Gasteiger partial charge in [0.25, 0.3) is 0 Å². The van der Waals surface area contributed by atoms with Gasteiger partial charge in [0.15, 0.2) is 0 Å². The monoisotopic (exact) mass is 248 g/mol. The normalized spacial score (nSPS) is 21.0. The lowest BCUT2D eigenvalue weighted by molar-refractivity contribution is 0.0901. The molecule has 1 aromatic rings. The summed E-state index contributed by atoms with van der Waals surface area (Å²) >= 11 is 0. The molecular formula is C15H24N2O. The van der Waals surface area contributed by atoms with Crippen LogP contribution in [-0.4, -0.2) is 44.3 Å². The Bertz CT molecular complexity index is 354. The van der Waals surface area contributed by atoms with Gasteiger partial charge in [0, 0.05) is 31.4 Å². The van der Waals surface area contributed by atoms with Crippen molar-refractivity contribution in [3.8, 4) is 0 Å². The fourth-order valence-electron chi connectivity index (χ4n) is 2.63. The maximum atomic E-state index is 5.25. The second kappa shape index (κ2) is 6.21. The molecule has 1 N–H and O–H groups in total. The molecular weight excluding hydrogens is 224 g/mol. The van der Waals surface area contributed by atoms with Crippen LogP contribution < -0.4 is 5.32 Å². The zero-order chi connectivity index (χ0) is 13.0. The number of anilines is 1. The van der Waals surface area contributed by atoms with Crippen molar-refractivity contribution in [2.75, 3.05) is 32.6 Å². The van der Waals surface area contributed by atoms with Crippen LogP contribution >= 0.6 is 0 Å². The molecule has 0 saturated heterocycles. The van der Waals surface area contributed by atoms with Crippen LogP contribution in [-0.2, 0) is 11.2 Å². The van der Waals surface area contributed by atoms with Crippen molar-refractivity contribution >= 4 is 5.69 Å². The second-order valence-corrected chi connectivity index (χ2v) is 5.20. The Balaban J connectivity index is 1.99. The third-order valence-electron chi connectivity index (χ3n) is 3.97. The van der Waals surface area contributed by atoms with E-state index in [-0.39, 0.29) is 0 Å². The van der Waals surface area contributed by atoms with E-state index in [2.05, 4.69) is 48.5 Å². The number of hydrogen-bond donors (Lipinski definition) is 1. The first kappa shape index (κ1) is 13.4. The van der Waals surface area contributed by atoms with Gasteiger partial charge in [0.05, 0.1) is 6.61 Å². The minimum Gasteiger partial charge on any atom is -0.383 e. The van der Waals surface area contributed by atoms with Crippen molar-refractivity contribution in [1.82, 2.24) is 4.90 Å². The second-order valence-electron chi connectivity index (χ2n) is 5.20. The summed E-state index contributed by atoms with van der Waals surface area (Å²) in [6.07, 6.45) is 2.35. The molecule has 1 aliphatic rings. The van der Waals surface area contributed by atoms with E-state index in [9.17, 15) is 0 Å². The number of nitrogens with one attached hydrogen (secondary N) is 1. The predicted molar refractivity (Wildman–Crippen MR) is 76.1 cm³/mol. The number of aryl methyl sites for hydroxylation is 1. The molecule has 2 atom stereocenters. The highest BCUT2D eigenvalue weighted by atomic mass is 16.5. The fraction of sp³-hybridized carbons (Fsp3) is 0.600. The Kier molecular flexibility index (Phi) is 4.61. The summed E-state index contributed by atoms with van der Waals surface area (Å²) in [5.74, 6) is 0. The number of para-hydroxylation sites is 1. The van der Waals surface area contributed by atoms with E-state index in [1.165, 1.54) is 17.7 Å². The fourth-order valence-corrected chi connectivity index (χ4v) is 2.63. The topological polar surface area (TPSA) is 24.5 Å². The van der Waals surface area contributed by atoms with Gasteiger partial charge in [-0.1, -0.05) is 18.2 Å². The third kappa shape index (κ3) is 3.03. The lowest BCUT2D eigenvalue weighted by atomic mass is 10.0. The van der Waals surface area contributed by atoms with Gasteiger partial charge >= 0.3 is 0 Å². The molecule has 100 valence electrons. The van der Waals surface area contributed by atoms with E-state index in [4.69, 9.17) is 4.74 Å². The summed E-state index contributed by atoms with van der Waals surface area (Å²) in [5, 5.41) is 3.57. The van der Waals surface area contributed by atoms with Crippen LogP contribution in [0.2, 0.25) is 0 Å². The first-order valence-corrected chi connectivity index (χ1v) is 6.75. The summed E-state index contributed by atoms with van der Waals surface area (Å²) in [4.78, 5) is 2.43. The molecule has 0 saturated carbocycles. The number of nitrogens with zero attached hydrogens (tertiary/aromatic N) is 1. The molecule has 2 rings (SSSR count). The van der Waals surface area contributed by atoms with Crippen LogP contribution in [0, 0.1) is 0 Å². The number of benzene rings is 1. The highest BCUT2D eigenvalue weighted by Gasteiger charge is 2.22. The predicted octanol–water partition coefficient (Wildman–Crippen LogP) is 2.38. The average molecular weight is 248 g/mol. The zero-order valence-electron chi connectivity index (χ0n) is 11.6. The van der Waals surface area contributed by atoms with E-state index in [0.29, 0.717) is 12.1 Å². The standard InChI is InChI=1S/C15H24N2O/c1-12(11-18-3)17(2)14-9-8-13-6-4-5-7-15(13)16-10-14/h4-7,12,14,16H,8-11H2,1-3H3. The average Bonchev–Trinajstić information content (AvgIpc) is 2.60. The van der Waals surface area contributed by atoms with E-state index in [1.54, 1.807) is 7.11 Å². The first-order valence-electron chi connectivity index (χ1n) is 6.75. The van der Waals surface area contributed by atoms with Crippen LogP contribution in [0.3, 0.4) is 0 Å². The Morgan fingerprint density at radius 2 is 2.22 bits per heavy atom. The highest BCUT2D eigenvalue weighted by molar-refractivity contribution is 5.52. The molecule has 0 bridgehead atoms. The Labute approximate surface area is 110 Å². The molecule has 0 fully saturated rings. The van der Waals surface area contributed by atoms with Crippen molar-refractivity contribution in [1.29, 1.82) is 0 Å². The Hall–Kier alpha value is -1.06. The van der Waals surface area contributed by atoms with Crippen LogP contribution in [0.15, 0.2) is 24.3 Å². The lowest BCUT2D eigenvalue weighted by Crippen LogP contribution is -2.44. The summed E-state index contributed by atoms with van der Waals surface area (Å²) in [6, 6.07) is 9.66. The van der Waals surface area contributed by atoms with Gasteiger partial charge in [-0.05, 0) is 38.4 Å². The van der Waals surface area contributed by atoms with Crippen molar-refractivity contribution < 1.29 is 4.74 Å². The SMILES string of the molecule is COCC(C)N(C)C1CCc2ccccc2NC1. The molecule has 0 aliphatic carbocycles. The van der Waals surface area contributed by atoms with E-state index >= 15 is 0 Å². The van der Waals surface area contributed by atoms with Crippen molar-refractivity contribution in [3.63, 3.8) is 0 Å². The molecule has 2 unspecified atom stereocenters. The number of rotatable bonds is 4. The maximum Gasteiger partial charge on any atom is 0.0615 e. The Morgan fingerprint density at radius 3 is 3.00 bits per heavy atom. The first-order chi connectivity index (χ1) is 8.72. The van der Waals surface area contributed by atoms with Gasteiger partial charge in [-0.2, -0.15) is 0 Å². The zero-order valence-corrected chi connectivity index (χ0v) is 11.6. The molecule has 3 heteroatoms. The molecule has 0 spiro atoms. The summed E-state index contributed by atoms with van der Waals surface area (Å²) in [7, 11) is 3.97. The van der Waals surface area contributed by atoms with Crippen LogP contribution in [0.25, 0.3) is 0 Å². The number of hydrogen-bond acceptors (Lipinski definition) is 3. The maximum absolute atomic E-state index is 5.25. The molecule has 1 aliphatic heterocycles. The van der Waals surface area contributed by atoms with Crippen LogP contribution in [0.5, 0.6) is 0 Å². The summed E-state index contributed by atoms with van der Waals surface area (Å²) in [5.41, 5.74) is 2.74. The van der Waals surface area contributed by atoms with Gasteiger partial charge in [0.2, 0.25) is 0 Å². The molecule has 1 heterocycles. The van der Waals surface area contributed by atoms with Crippen molar-refractivity contribution in [2.45, 2.75) is 31.8 Å². The minimum absolute atomic E-state index is 0.461. The number of fused-ring (bicyclic) bond motifs is 1. The number of ether oxygens (including phenoxy) is 1. The summed E-state index contributed by atoms with van der Waals surface area (Å²) in [6.45, 7) is 4.03. The van der Waals surface area contributed by atoms with Gasteiger partial charge in [-0.25, -0.2) is 0 Å². The van der Waals surface area contributed by atoms with Gasteiger partial charge in [-0.3, -0.25) is 4.90 Å². The van der Waals surface area contributed by atoms with E-state index < -0.39 is 0 Å². The lowest BCUT2D eigenvalue weighted by Gasteiger charge is -2.32. The molecule has 1 aromatic carbocycles. The van der Waals surface area contributed by atoms with Crippen molar-refractivity contribution in [3.05, 3.63) is 29.8 Å². The molecule has 3 nitrogen and oxygen atoms in total. The van der Waals surface area contributed by atoms with E-state index in [1.807, 2.05) is 0 Å². The Morgan fingerprint density at radius 1 is 1.44 bits per heavy atom. The van der Waals surface area contributed by atoms with E-state index in [0.717, 1.165) is 19.6 Å².